The van der Waals surface area contributed by atoms with Crippen molar-refractivity contribution in [2.75, 3.05) is 24.6 Å². The summed E-state index contributed by atoms with van der Waals surface area (Å²) in [5.41, 5.74) is 1.24. The summed E-state index contributed by atoms with van der Waals surface area (Å²) < 4.78 is 22.9. The van der Waals surface area contributed by atoms with Gasteiger partial charge in [-0.05, 0) is 30.9 Å². The van der Waals surface area contributed by atoms with Crippen molar-refractivity contribution in [1.82, 2.24) is 10.6 Å². The third kappa shape index (κ3) is 8.01. The van der Waals surface area contributed by atoms with Crippen molar-refractivity contribution in [3.05, 3.63) is 21.9 Å². The molecule has 0 spiro atoms. The van der Waals surface area contributed by atoms with E-state index in [0.717, 1.165) is 6.54 Å². The summed E-state index contributed by atoms with van der Waals surface area (Å²) in [5.74, 6) is 0.967. The molecule has 0 radical (unpaired) electrons. The van der Waals surface area contributed by atoms with E-state index < -0.39 is 9.84 Å². The zero-order valence-electron chi connectivity index (χ0n) is 12.7. The van der Waals surface area contributed by atoms with E-state index in [2.05, 4.69) is 28.6 Å². The summed E-state index contributed by atoms with van der Waals surface area (Å²) in [6.45, 7) is 7.45. The lowest BCUT2D eigenvalue weighted by molar-refractivity contribution is 0.595. The average molecular weight is 445 g/mol. The summed E-state index contributed by atoms with van der Waals surface area (Å²) in [4.78, 5) is 5.70. The Kier molecular flexibility index (Phi) is 10.2. The molecule has 0 atom stereocenters. The van der Waals surface area contributed by atoms with E-state index in [1.807, 2.05) is 12.3 Å². The van der Waals surface area contributed by atoms with E-state index in [9.17, 15) is 8.42 Å². The molecule has 1 rings (SSSR count). The Morgan fingerprint density at radius 1 is 1.33 bits per heavy atom. The summed E-state index contributed by atoms with van der Waals surface area (Å²) >= 11 is 1.68. The molecule has 0 aromatic carbocycles. The first-order valence-electron chi connectivity index (χ1n) is 6.74. The van der Waals surface area contributed by atoms with Gasteiger partial charge in [-0.2, -0.15) is 0 Å². The first kappa shape index (κ1) is 20.6. The molecule has 0 aliphatic carbocycles. The molecule has 0 aliphatic heterocycles. The summed E-state index contributed by atoms with van der Waals surface area (Å²) in [6, 6.07) is 2.07. The van der Waals surface area contributed by atoms with Crippen molar-refractivity contribution < 1.29 is 8.42 Å². The molecule has 1 aromatic heterocycles. The molecular formula is C13H24IN3O2S2. The van der Waals surface area contributed by atoms with Crippen LogP contribution in [0.25, 0.3) is 0 Å². The van der Waals surface area contributed by atoms with Gasteiger partial charge in [0.25, 0.3) is 0 Å². The van der Waals surface area contributed by atoms with E-state index >= 15 is 0 Å². The van der Waals surface area contributed by atoms with Gasteiger partial charge < -0.3 is 10.6 Å². The van der Waals surface area contributed by atoms with Gasteiger partial charge in [-0.3, -0.25) is 0 Å². The number of halogens is 1. The zero-order chi connectivity index (χ0) is 15.0. The standard InChI is InChI=1S/C13H23N3O2S2.HI/c1-4-14-13(15-7-9-20(17,18)5-2)16-10-12-11(3)6-8-19-12;/h6,8H,4-5,7,9-10H2,1-3H3,(H2,14,15,16);1H. The lowest BCUT2D eigenvalue weighted by atomic mass is 10.3. The van der Waals surface area contributed by atoms with Crippen LogP contribution < -0.4 is 10.6 Å². The molecule has 0 fully saturated rings. The molecule has 5 nitrogen and oxygen atoms in total. The molecule has 1 heterocycles. The summed E-state index contributed by atoms with van der Waals surface area (Å²) in [5, 5.41) is 8.22. The summed E-state index contributed by atoms with van der Waals surface area (Å²) in [6.07, 6.45) is 0. The highest BCUT2D eigenvalue weighted by Crippen LogP contribution is 2.16. The second-order valence-electron chi connectivity index (χ2n) is 4.39. The number of nitrogens with zero attached hydrogens (tertiary/aromatic N) is 1. The Labute approximate surface area is 148 Å². The number of aliphatic imine (C=N–C) groups is 1. The van der Waals surface area contributed by atoms with Crippen molar-refractivity contribution in [2.45, 2.75) is 27.3 Å². The van der Waals surface area contributed by atoms with Gasteiger partial charge in [0.05, 0.1) is 12.3 Å². The highest BCUT2D eigenvalue weighted by atomic mass is 127. The third-order valence-corrected chi connectivity index (χ3v) is 5.55. The minimum absolute atomic E-state index is 0. The predicted molar refractivity (Wildman–Crippen MR) is 102 cm³/mol. The third-order valence-electron chi connectivity index (χ3n) is 2.84. The number of nitrogens with one attached hydrogen (secondary N) is 2. The van der Waals surface area contributed by atoms with Gasteiger partial charge in [-0.1, -0.05) is 6.92 Å². The van der Waals surface area contributed by atoms with Crippen LogP contribution in [-0.2, 0) is 16.4 Å². The van der Waals surface area contributed by atoms with Gasteiger partial charge in [0.15, 0.2) is 15.8 Å². The molecule has 21 heavy (non-hydrogen) atoms. The lowest BCUT2D eigenvalue weighted by Crippen LogP contribution is -2.39. The molecule has 0 saturated heterocycles. The Bertz CT molecular complexity index is 541. The van der Waals surface area contributed by atoms with Gasteiger partial charge in [0.2, 0.25) is 0 Å². The second kappa shape index (κ2) is 10.4. The minimum atomic E-state index is -2.94. The van der Waals surface area contributed by atoms with Crippen LogP contribution in [0.5, 0.6) is 0 Å². The van der Waals surface area contributed by atoms with E-state index in [1.54, 1.807) is 18.3 Å². The lowest BCUT2D eigenvalue weighted by Gasteiger charge is -2.11. The first-order valence-corrected chi connectivity index (χ1v) is 9.44. The molecule has 8 heteroatoms. The topological polar surface area (TPSA) is 70.6 Å². The fourth-order valence-electron chi connectivity index (χ4n) is 1.53. The number of thiophene rings is 1. The second-order valence-corrected chi connectivity index (χ2v) is 7.86. The highest BCUT2D eigenvalue weighted by molar-refractivity contribution is 14.0. The average Bonchev–Trinajstić information content (AvgIpc) is 2.81. The monoisotopic (exact) mass is 445 g/mol. The van der Waals surface area contributed by atoms with Crippen LogP contribution in [0.1, 0.15) is 24.3 Å². The van der Waals surface area contributed by atoms with E-state index in [-0.39, 0.29) is 35.5 Å². The quantitative estimate of drug-likeness (QED) is 0.384. The van der Waals surface area contributed by atoms with Crippen LogP contribution in [0.3, 0.4) is 0 Å². The Morgan fingerprint density at radius 3 is 2.57 bits per heavy atom. The molecule has 1 aromatic rings. The normalized spacial score (nSPS) is 11.9. The SMILES string of the molecule is CCNC(=NCc1sccc1C)NCCS(=O)(=O)CC.I. The number of rotatable bonds is 7. The number of guanidine groups is 1. The maximum absolute atomic E-state index is 11.4. The van der Waals surface area contributed by atoms with Crippen molar-refractivity contribution in [3.8, 4) is 0 Å². The van der Waals surface area contributed by atoms with Crippen LogP contribution in [0, 0.1) is 6.92 Å². The molecule has 122 valence electrons. The number of hydrogen-bond donors (Lipinski definition) is 2. The van der Waals surface area contributed by atoms with Crippen LogP contribution in [0.4, 0.5) is 0 Å². The van der Waals surface area contributed by atoms with E-state index in [0.29, 0.717) is 19.0 Å². The first-order chi connectivity index (χ1) is 9.48. The Balaban J connectivity index is 0.00000400. The summed E-state index contributed by atoms with van der Waals surface area (Å²) in [7, 11) is -2.94. The van der Waals surface area contributed by atoms with Crippen molar-refractivity contribution in [3.63, 3.8) is 0 Å². The fraction of sp³-hybridized carbons (Fsp3) is 0.615. The van der Waals surface area contributed by atoms with Crippen molar-refractivity contribution in [2.24, 2.45) is 4.99 Å². The van der Waals surface area contributed by atoms with Gasteiger partial charge in [-0.15, -0.1) is 35.3 Å². The van der Waals surface area contributed by atoms with Gasteiger partial charge in [0, 0.05) is 23.7 Å². The fourth-order valence-corrected chi connectivity index (χ4v) is 3.06. The van der Waals surface area contributed by atoms with E-state index in [1.165, 1.54) is 10.4 Å². The highest BCUT2D eigenvalue weighted by Gasteiger charge is 2.07. The molecule has 2 N–H and O–H groups in total. The zero-order valence-corrected chi connectivity index (χ0v) is 16.6. The Morgan fingerprint density at radius 2 is 2.05 bits per heavy atom. The van der Waals surface area contributed by atoms with Crippen LogP contribution >= 0.6 is 35.3 Å². The van der Waals surface area contributed by atoms with Crippen LogP contribution in [0.15, 0.2) is 16.4 Å². The maximum atomic E-state index is 11.4. The van der Waals surface area contributed by atoms with Crippen molar-refractivity contribution >= 4 is 51.1 Å². The number of aryl methyl sites for hydroxylation is 1. The maximum Gasteiger partial charge on any atom is 0.191 e. The molecule has 0 aliphatic rings. The van der Waals surface area contributed by atoms with Gasteiger partial charge >= 0.3 is 0 Å². The Hall–Kier alpha value is -0.350. The predicted octanol–water partition coefficient (Wildman–Crippen LogP) is 2.16. The number of hydrogen-bond acceptors (Lipinski definition) is 4. The van der Waals surface area contributed by atoms with Crippen LogP contribution in [-0.4, -0.2) is 39.0 Å². The number of sulfone groups is 1. The molecule has 0 amide bonds. The van der Waals surface area contributed by atoms with Crippen molar-refractivity contribution in [1.29, 1.82) is 0 Å². The van der Waals surface area contributed by atoms with Crippen LogP contribution in [0.2, 0.25) is 0 Å². The molecule has 0 unspecified atom stereocenters. The largest absolute Gasteiger partial charge is 0.357 e. The van der Waals surface area contributed by atoms with E-state index in [4.69, 9.17) is 0 Å². The molecular weight excluding hydrogens is 421 g/mol. The molecule has 0 bridgehead atoms. The van der Waals surface area contributed by atoms with Gasteiger partial charge in [0.1, 0.15) is 0 Å². The molecule has 0 saturated carbocycles. The smallest absolute Gasteiger partial charge is 0.191 e. The minimum Gasteiger partial charge on any atom is -0.357 e. The van der Waals surface area contributed by atoms with Gasteiger partial charge in [-0.25, -0.2) is 13.4 Å².